The fraction of sp³-hybridized carbons (Fsp3) is 0.167. The maximum Gasteiger partial charge on any atom is 0.256 e. The minimum atomic E-state index is -3.72. The van der Waals surface area contributed by atoms with E-state index in [2.05, 4.69) is 10.0 Å². The van der Waals surface area contributed by atoms with Gasteiger partial charge in [-0.25, -0.2) is 13.1 Å². The van der Waals surface area contributed by atoms with E-state index in [1.54, 1.807) is 35.6 Å². The number of furan rings is 1. The summed E-state index contributed by atoms with van der Waals surface area (Å²) in [6.45, 7) is 3.87. The predicted octanol–water partition coefficient (Wildman–Crippen LogP) is 3.69. The van der Waals surface area contributed by atoms with E-state index in [0.717, 1.165) is 9.75 Å². The number of anilines is 1. The van der Waals surface area contributed by atoms with Gasteiger partial charge in [0.2, 0.25) is 10.0 Å². The Kier molecular flexibility index (Phi) is 5.26. The van der Waals surface area contributed by atoms with Gasteiger partial charge >= 0.3 is 0 Å². The number of sulfonamides is 1. The number of hydrogen-bond acceptors (Lipinski definition) is 5. The first-order valence-electron chi connectivity index (χ1n) is 7.85. The maximum absolute atomic E-state index is 12.4. The lowest BCUT2D eigenvalue weighted by Crippen LogP contribution is -2.23. The fourth-order valence-corrected chi connectivity index (χ4v) is 4.42. The van der Waals surface area contributed by atoms with Crippen LogP contribution in [0.5, 0.6) is 0 Å². The van der Waals surface area contributed by atoms with Gasteiger partial charge in [-0.05, 0) is 50.2 Å². The molecule has 2 aromatic heterocycles. The highest BCUT2D eigenvalue weighted by molar-refractivity contribution is 7.89. The molecule has 0 aliphatic heterocycles. The summed E-state index contributed by atoms with van der Waals surface area (Å²) in [6.07, 6.45) is 1.48. The number of carbonyl (C=O) groups excluding carboxylic acids is 1. The minimum Gasteiger partial charge on any atom is -0.468 e. The molecule has 8 heteroatoms. The van der Waals surface area contributed by atoms with Crippen molar-refractivity contribution in [1.82, 2.24) is 4.72 Å². The van der Waals surface area contributed by atoms with Crippen LogP contribution in [-0.2, 0) is 16.6 Å². The molecule has 0 saturated heterocycles. The standard InChI is InChI=1S/C18H18N2O4S2/c1-12-9-17(13(2)25-12)18(21)20-14-5-3-7-16(10-14)26(22,23)19-11-15-6-4-8-24-15/h3-10,19H,11H2,1-2H3,(H,20,21). The van der Waals surface area contributed by atoms with Crippen LogP contribution in [0, 0.1) is 13.8 Å². The molecule has 0 radical (unpaired) electrons. The normalized spacial score (nSPS) is 11.5. The van der Waals surface area contributed by atoms with Gasteiger partial charge < -0.3 is 9.73 Å². The lowest BCUT2D eigenvalue weighted by molar-refractivity contribution is 0.102. The minimum absolute atomic E-state index is 0.0549. The Hall–Kier alpha value is -2.42. The zero-order chi connectivity index (χ0) is 18.7. The fourth-order valence-electron chi connectivity index (χ4n) is 2.46. The van der Waals surface area contributed by atoms with E-state index >= 15 is 0 Å². The van der Waals surface area contributed by atoms with E-state index < -0.39 is 10.0 Å². The molecule has 136 valence electrons. The third kappa shape index (κ3) is 4.21. The van der Waals surface area contributed by atoms with E-state index in [4.69, 9.17) is 4.42 Å². The number of aryl methyl sites for hydroxylation is 2. The Morgan fingerprint density at radius 1 is 1.15 bits per heavy atom. The molecule has 0 fully saturated rings. The molecule has 0 saturated carbocycles. The Labute approximate surface area is 155 Å². The molecular weight excluding hydrogens is 372 g/mol. The number of hydrogen-bond donors (Lipinski definition) is 2. The van der Waals surface area contributed by atoms with E-state index in [1.165, 1.54) is 18.4 Å². The quantitative estimate of drug-likeness (QED) is 0.672. The summed E-state index contributed by atoms with van der Waals surface area (Å²) in [5.41, 5.74) is 1.01. The second-order valence-corrected chi connectivity index (χ2v) is 8.94. The van der Waals surface area contributed by atoms with Crippen molar-refractivity contribution in [3.05, 3.63) is 69.8 Å². The van der Waals surface area contributed by atoms with Gasteiger partial charge in [0.1, 0.15) is 5.76 Å². The van der Waals surface area contributed by atoms with Crippen LogP contribution in [0.1, 0.15) is 25.9 Å². The molecule has 0 unspecified atom stereocenters. The summed E-state index contributed by atoms with van der Waals surface area (Å²) in [5, 5.41) is 2.75. The van der Waals surface area contributed by atoms with Crippen molar-refractivity contribution in [2.24, 2.45) is 0 Å². The Morgan fingerprint density at radius 2 is 1.96 bits per heavy atom. The first-order chi connectivity index (χ1) is 12.3. The van der Waals surface area contributed by atoms with Crippen LogP contribution < -0.4 is 10.0 Å². The molecule has 0 atom stereocenters. The van der Waals surface area contributed by atoms with Gasteiger partial charge in [-0.1, -0.05) is 6.07 Å². The van der Waals surface area contributed by atoms with Gasteiger partial charge in [0.05, 0.1) is 23.3 Å². The molecule has 26 heavy (non-hydrogen) atoms. The van der Waals surface area contributed by atoms with Crippen LogP contribution in [0.4, 0.5) is 5.69 Å². The second kappa shape index (κ2) is 7.45. The monoisotopic (exact) mass is 390 g/mol. The number of carbonyl (C=O) groups is 1. The molecule has 3 aromatic rings. The van der Waals surface area contributed by atoms with Crippen LogP contribution in [0.25, 0.3) is 0 Å². The van der Waals surface area contributed by atoms with Crippen LogP contribution in [-0.4, -0.2) is 14.3 Å². The van der Waals surface area contributed by atoms with Crippen LogP contribution in [0.2, 0.25) is 0 Å². The van der Waals surface area contributed by atoms with Gasteiger partial charge in [0, 0.05) is 15.4 Å². The third-order valence-electron chi connectivity index (χ3n) is 3.70. The lowest BCUT2D eigenvalue weighted by atomic mass is 10.2. The van der Waals surface area contributed by atoms with Crippen molar-refractivity contribution in [3.63, 3.8) is 0 Å². The Balaban J connectivity index is 1.75. The van der Waals surface area contributed by atoms with Crippen molar-refractivity contribution in [2.75, 3.05) is 5.32 Å². The zero-order valence-electron chi connectivity index (χ0n) is 14.3. The van der Waals surface area contributed by atoms with Crippen molar-refractivity contribution in [2.45, 2.75) is 25.3 Å². The lowest BCUT2D eigenvalue weighted by Gasteiger charge is -2.09. The molecule has 1 aromatic carbocycles. The van der Waals surface area contributed by atoms with Gasteiger partial charge in [-0.3, -0.25) is 4.79 Å². The van der Waals surface area contributed by atoms with Crippen LogP contribution in [0.15, 0.2) is 58.0 Å². The average Bonchev–Trinajstić information content (AvgIpc) is 3.22. The van der Waals surface area contributed by atoms with Gasteiger partial charge in [-0.2, -0.15) is 0 Å². The highest BCUT2D eigenvalue weighted by Crippen LogP contribution is 2.22. The highest BCUT2D eigenvalue weighted by atomic mass is 32.2. The summed E-state index contributed by atoms with van der Waals surface area (Å²) in [6, 6.07) is 11.3. The number of benzene rings is 1. The smallest absolute Gasteiger partial charge is 0.256 e. The maximum atomic E-state index is 12.4. The summed E-state index contributed by atoms with van der Waals surface area (Å²) < 4.78 is 32.4. The largest absolute Gasteiger partial charge is 0.468 e. The molecule has 0 aliphatic rings. The molecule has 0 spiro atoms. The van der Waals surface area contributed by atoms with E-state index in [9.17, 15) is 13.2 Å². The second-order valence-electron chi connectivity index (χ2n) is 5.71. The zero-order valence-corrected chi connectivity index (χ0v) is 15.9. The molecule has 0 aliphatic carbocycles. The SMILES string of the molecule is Cc1cc(C(=O)Nc2cccc(S(=O)(=O)NCc3ccco3)c2)c(C)s1. The molecule has 3 rings (SSSR count). The first kappa shape index (κ1) is 18.4. The van der Waals surface area contributed by atoms with E-state index in [-0.39, 0.29) is 17.3 Å². The summed E-state index contributed by atoms with van der Waals surface area (Å²) in [7, 11) is -3.72. The summed E-state index contributed by atoms with van der Waals surface area (Å²) >= 11 is 1.55. The van der Waals surface area contributed by atoms with Crippen molar-refractivity contribution >= 4 is 33.0 Å². The highest BCUT2D eigenvalue weighted by Gasteiger charge is 2.17. The molecule has 1 amide bonds. The number of nitrogens with one attached hydrogen (secondary N) is 2. The Bertz CT molecular complexity index is 1020. The molecule has 2 heterocycles. The van der Waals surface area contributed by atoms with E-state index in [0.29, 0.717) is 17.0 Å². The molecular formula is C18H18N2O4S2. The summed E-state index contributed by atoms with van der Waals surface area (Å²) in [5.74, 6) is 0.256. The van der Waals surface area contributed by atoms with Crippen molar-refractivity contribution in [3.8, 4) is 0 Å². The number of amides is 1. The predicted molar refractivity (Wildman–Crippen MR) is 101 cm³/mol. The summed E-state index contributed by atoms with van der Waals surface area (Å²) in [4.78, 5) is 14.4. The topological polar surface area (TPSA) is 88.4 Å². The van der Waals surface area contributed by atoms with Crippen molar-refractivity contribution < 1.29 is 17.6 Å². The van der Waals surface area contributed by atoms with Crippen LogP contribution >= 0.6 is 11.3 Å². The Morgan fingerprint density at radius 3 is 2.62 bits per heavy atom. The van der Waals surface area contributed by atoms with Crippen LogP contribution in [0.3, 0.4) is 0 Å². The molecule has 0 bridgehead atoms. The van der Waals surface area contributed by atoms with Gasteiger partial charge in [0.25, 0.3) is 5.91 Å². The average molecular weight is 390 g/mol. The molecule has 6 nitrogen and oxygen atoms in total. The van der Waals surface area contributed by atoms with Gasteiger partial charge in [-0.15, -0.1) is 11.3 Å². The number of rotatable bonds is 6. The molecule has 2 N–H and O–H groups in total. The van der Waals surface area contributed by atoms with Gasteiger partial charge in [0.15, 0.2) is 0 Å². The number of thiophene rings is 1. The van der Waals surface area contributed by atoms with Crippen molar-refractivity contribution in [1.29, 1.82) is 0 Å². The van der Waals surface area contributed by atoms with E-state index in [1.807, 2.05) is 19.9 Å². The third-order valence-corrected chi connectivity index (χ3v) is 6.07. The first-order valence-corrected chi connectivity index (χ1v) is 10.2.